The van der Waals surface area contributed by atoms with Crippen molar-refractivity contribution in [3.63, 3.8) is 0 Å². The van der Waals surface area contributed by atoms with E-state index in [0.717, 1.165) is 41.8 Å². The number of nitrogens with zero attached hydrogens (tertiary/aromatic N) is 1. The van der Waals surface area contributed by atoms with Gasteiger partial charge < -0.3 is 14.9 Å². The summed E-state index contributed by atoms with van der Waals surface area (Å²) in [5.41, 5.74) is 3.83. The zero-order chi connectivity index (χ0) is 18.2. The van der Waals surface area contributed by atoms with E-state index >= 15 is 0 Å². The van der Waals surface area contributed by atoms with Gasteiger partial charge in [-0.3, -0.25) is 4.79 Å². The van der Waals surface area contributed by atoms with Crippen LogP contribution < -0.4 is 10.9 Å². The molecule has 0 spiro atoms. The number of piperidine rings is 1. The van der Waals surface area contributed by atoms with Crippen molar-refractivity contribution in [1.29, 1.82) is 0 Å². The molecule has 2 N–H and O–H groups in total. The largest absolute Gasteiger partial charge is 0.340 e. The molecule has 5 rings (SSSR count). The number of fused-ring (bicyclic) bond motifs is 2. The first-order valence-electron chi connectivity index (χ1n) is 9.71. The lowest BCUT2D eigenvalue weighted by Crippen LogP contribution is -2.30. The van der Waals surface area contributed by atoms with Gasteiger partial charge in [0.15, 0.2) is 0 Å². The number of para-hydroxylation sites is 2. The van der Waals surface area contributed by atoms with Crippen LogP contribution in [-0.4, -0.2) is 22.6 Å². The van der Waals surface area contributed by atoms with Crippen LogP contribution in [0.5, 0.6) is 0 Å². The van der Waals surface area contributed by atoms with Gasteiger partial charge in [0, 0.05) is 23.0 Å². The van der Waals surface area contributed by atoms with Gasteiger partial charge in [0.25, 0.3) is 5.56 Å². The number of pyridine rings is 1. The molecule has 0 atom stereocenters. The third kappa shape index (κ3) is 2.96. The van der Waals surface area contributed by atoms with Crippen LogP contribution in [0.3, 0.4) is 0 Å². The third-order valence-electron chi connectivity index (χ3n) is 5.74. The van der Waals surface area contributed by atoms with Gasteiger partial charge >= 0.3 is 0 Å². The summed E-state index contributed by atoms with van der Waals surface area (Å²) in [5.74, 6) is 0.639. The molecule has 1 aliphatic rings. The number of nitrogens with one attached hydrogen (secondary N) is 2. The van der Waals surface area contributed by atoms with E-state index in [2.05, 4.69) is 51.3 Å². The van der Waals surface area contributed by atoms with Crippen LogP contribution in [0.1, 0.15) is 12.8 Å². The van der Waals surface area contributed by atoms with Crippen LogP contribution >= 0.6 is 0 Å². The Morgan fingerprint density at radius 1 is 0.926 bits per heavy atom. The van der Waals surface area contributed by atoms with E-state index in [4.69, 9.17) is 0 Å². The first-order valence-corrected chi connectivity index (χ1v) is 9.71. The summed E-state index contributed by atoms with van der Waals surface area (Å²) in [4.78, 5) is 15.9. The van der Waals surface area contributed by atoms with Crippen LogP contribution in [0.25, 0.3) is 33.1 Å². The topological polar surface area (TPSA) is 49.8 Å². The molecule has 136 valence electrons. The number of rotatable bonds is 3. The average molecular weight is 357 g/mol. The predicted molar refractivity (Wildman–Crippen MR) is 111 cm³/mol. The molecule has 0 amide bonds. The Hall–Kier alpha value is -2.85. The number of H-pyrrole nitrogens is 1. The van der Waals surface area contributed by atoms with E-state index in [9.17, 15) is 4.79 Å². The first kappa shape index (κ1) is 16.3. The smallest absolute Gasteiger partial charge is 0.257 e. The molecule has 0 radical (unpaired) electrons. The van der Waals surface area contributed by atoms with E-state index in [1.54, 1.807) is 0 Å². The van der Waals surface area contributed by atoms with Gasteiger partial charge in [0.05, 0.1) is 11.3 Å². The molecule has 27 heavy (non-hydrogen) atoms. The summed E-state index contributed by atoms with van der Waals surface area (Å²) < 4.78 is 2.35. The molecule has 1 fully saturated rings. The maximum Gasteiger partial charge on any atom is 0.257 e. The molecule has 1 saturated heterocycles. The van der Waals surface area contributed by atoms with E-state index in [1.807, 2.05) is 24.3 Å². The molecule has 0 aliphatic carbocycles. The maximum atomic E-state index is 12.9. The average Bonchev–Trinajstić information content (AvgIpc) is 3.06. The Kier molecular flexibility index (Phi) is 4.06. The van der Waals surface area contributed by atoms with Crippen molar-refractivity contribution in [2.45, 2.75) is 19.4 Å². The lowest BCUT2D eigenvalue weighted by molar-refractivity contribution is 0.338. The quantitative estimate of drug-likeness (QED) is 0.579. The van der Waals surface area contributed by atoms with E-state index < -0.39 is 0 Å². The van der Waals surface area contributed by atoms with Crippen molar-refractivity contribution in [1.82, 2.24) is 14.9 Å². The molecule has 0 bridgehead atoms. The second kappa shape index (κ2) is 6.71. The molecule has 1 aliphatic heterocycles. The minimum Gasteiger partial charge on any atom is -0.340 e. The number of aromatic nitrogens is 2. The lowest BCUT2D eigenvalue weighted by atomic mass is 9.98. The van der Waals surface area contributed by atoms with Gasteiger partial charge in [-0.15, -0.1) is 0 Å². The minimum absolute atomic E-state index is 0.0249. The molecule has 2 aromatic carbocycles. The van der Waals surface area contributed by atoms with Gasteiger partial charge in [-0.2, -0.15) is 0 Å². The zero-order valence-corrected chi connectivity index (χ0v) is 15.2. The molecular weight excluding hydrogens is 334 g/mol. The highest BCUT2D eigenvalue weighted by molar-refractivity contribution is 5.89. The molecular formula is C23H23N3O. The van der Waals surface area contributed by atoms with Crippen LogP contribution in [0, 0.1) is 5.92 Å². The van der Waals surface area contributed by atoms with Crippen LogP contribution in [0.2, 0.25) is 0 Å². The standard InChI is InChI=1S/C23H23N3O/c27-23-19(13-17-5-1-3-7-20(17)25-23)22-14-18-6-2-4-8-21(18)26(22)15-16-9-11-24-12-10-16/h1-8,13-14,16,24H,9-12,15H2,(H,25,27). The molecule has 2 aromatic heterocycles. The Labute approximate surface area is 157 Å². The Morgan fingerprint density at radius 3 is 2.52 bits per heavy atom. The van der Waals surface area contributed by atoms with Crippen molar-refractivity contribution in [2.75, 3.05) is 13.1 Å². The van der Waals surface area contributed by atoms with Crippen LogP contribution in [0.4, 0.5) is 0 Å². The van der Waals surface area contributed by atoms with Crippen molar-refractivity contribution >= 4 is 21.8 Å². The monoisotopic (exact) mass is 357 g/mol. The summed E-state index contributed by atoms with van der Waals surface area (Å²) in [6.45, 7) is 3.11. The summed E-state index contributed by atoms with van der Waals surface area (Å²) in [7, 11) is 0. The summed E-state index contributed by atoms with van der Waals surface area (Å²) >= 11 is 0. The molecule has 4 aromatic rings. The van der Waals surface area contributed by atoms with Crippen molar-refractivity contribution < 1.29 is 0 Å². The number of hydrogen-bond acceptors (Lipinski definition) is 2. The third-order valence-corrected chi connectivity index (χ3v) is 5.74. The predicted octanol–water partition coefficient (Wildman–Crippen LogP) is 4.15. The van der Waals surface area contributed by atoms with Gasteiger partial charge in [-0.1, -0.05) is 36.4 Å². The highest BCUT2D eigenvalue weighted by Gasteiger charge is 2.19. The fraction of sp³-hybridized carbons (Fsp3) is 0.261. The number of benzene rings is 2. The van der Waals surface area contributed by atoms with Gasteiger partial charge in [-0.05, 0) is 61.5 Å². The summed E-state index contributed by atoms with van der Waals surface area (Å²) in [6.07, 6.45) is 2.36. The van der Waals surface area contributed by atoms with Crippen LogP contribution in [0.15, 0.2) is 65.5 Å². The first-order chi connectivity index (χ1) is 13.3. The Balaban J connectivity index is 1.69. The molecule has 4 nitrogen and oxygen atoms in total. The van der Waals surface area contributed by atoms with Gasteiger partial charge in [0.1, 0.15) is 0 Å². The minimum atomic E-state index is -0.0249. The van der Waals surface area contributed by atoms with Crippen LogP contribution in [-0.2, 0) is 6.54 Å². The maximum absolute atomic E-state index is 12.9. The SMILES string of the molecule is O=c1[nH]c2ccccc2cc1-c1cc2ccccc2n1CC1CCNCC1. The number of aromatic amines is 1. The Morgan fingerprint density at radius 2 is 1.67 bits per heavy atom. The Bertz CT molecular complexity index is 1170. The van der Waals surface area contributed by atoms with Crippen molar-refractivity contribution in [2.24, 2.45) is 5.92 Å². The normalized spacial score (nSPS) is 15.6. The van der Waals surface area contributed by atoms with Gasteiger partial charge in [-0.25, -0.2) is 0 Å². The van der Waals surface area contributed by atoms with Crippen molar-refractivity contribution in [3.05, 3.63) is 71.0 Å². The molecule has 4 heteroatoms. The van der Waals surface area contributed by atoms with E-state index in [-0.39, 0.29) is 5.56 Å². The molecule has 0 saturated carbocycles. The fourth-order valence-corrected chi connectivity index (χ4v) is 4.29. The second-order valence-corrected chi connectivity index (χ2v) is 7.49. The fourth-order valence-electron chi connectivity index (χ4n) is 4.29. The summed E-state index contributed by atoms with van der Waals surface area (Å²) in [5, 5.41) is 5.69. The molecule has 3 heterocycles. The zero-order valence-electron chi connectivity index (χ0n) is 15.2. The second-order valence-electron chi connectivity index (χ2n) is 7.49. The van der Waals surface area contributed by atoms with E-state index in [1.165, 1.54) is 23.7 Å². The van der Waals surface area contributed by atoms with Crippen molar-refractivity contribution in [3.8, 4) is 11.3 Å². The highest BCUT2D eigenvalue weighted by Crippen LogP contribution is 2.30. The highest BCUT2D eigenvalue weighted by atomic mass is 16.1. The summed E-state index contributed by atoms with van der Waals surface area (Å²) in [6, 6.07) is 20.6. The van der Waals surface area contributed by atoms with Gasteiger partial charge in [0.2, 0.25) is 0 Å². The number of hydrogen-bond donors (Lipinski definition) is 2. The molecule has 0 unspecified atom stereocenters. The lowest BCUT2D eigenvalue weighted by Gasteiger charge is -2.24. The van der Waals surface area contributed by atoms with E-state index in [0.29, 0.717) is 5.92 Å².